The maximum atomic E-state index is 14.0. The molecule has 462 valence electrons. The number of benzene rings is 6. The second-order valence-electron chi connectivity index (χ2n) is 20.7. The van der Waals surface area contributed by atoms with Crippen LogP contribution in [-0.2, 0) is 0 Å². The number of nitrogen functional groups attached to an aromatic ring is 3. The van der Waals surface area contributed by atoms with Crippen molar-refractivity contribution in [3.05, 3.63) is 216 Å². The smallest absolute Gasteiger partial charge is 0.150 e. The Morgan fingerprint density at radius 3 is 0.882 bits per heavy atom. The standard InChI is InChI=1S/3C23H19FN6O/c3*1-13(29-23-17(11-25)22(26)27-12-28-23)20-19(14-6-4-3-5-7-14)21(31-2)16-10-15(24)8-9-18(16)30-20/h3*3-10,12-13H,1-2H3,(H3,26,27,28,29)/t2*13-;/m10./s1. The maximum absolute atomic E-state index is 14.0. The van der Waals surface area contributed by atoms with Crippen LogP contribution in [0, 0.1) is 51.4 Å². The van der Waals surface area contributed by atoms with Crippen molar-refractivity contribution in [1.82, 2.24) is 44.9 Å². The molecule has 0 aliphatic heterocycles. The number of ether oxygens (including phenoxy) is 3. The van der Waals surface area contributed by atoms with Gasteiger partial charge in [-0.25, -0.2) is 58.0 Å². The van der Waals surface area contributed by atoms with E-state index in [1.807, 2.05) is 130 Å². The lowest BCUT2D eigenvalue weighted by Crippen LogP contribution is -2.14. The average Bonchev–Trinajstić information content (AvgIpc) is 0.808. The zero-order valence-electron chi connectivity index (χ0n) is 50.8. The Hall–Kier alpha value is -12.8. The Balaban J connectivity index is 0.000000153. The number of aromatic nitrogens is 9. The van der Waals surface area contributed by atoms with Gasteiger partial charge in [-0.1, -0.05) is 91.0 Å². The highest BCUT2D eigenvalue weighted by molar-refractivity contribution is 5.96. The molecule has 6 aromatic heterocycles. The van der Waals surface area contributed by atoms with Gasteiger partial charge in [0, 0.05) is 32.8 Å². The molecule has 0 saturated heterocycles. The summed E-state index contributed by atoms with van der Waals surface area (Å²) in [6.07, 6.45) is 3.88. The van der Waals surface area contributed by atoms with E-state index in [0.29, 0.717) is 84.5 Å². The summed E-state index contributed by atoms with van der Waals surface area (Å²) in [6.45, 7) is 5.68. The molecule has 6 heterocycles. The van der Waals surface area contributed by atoms with Gasteiger partial charge in [0.2, 0.25) is 0 Å². The summed E-state index contributed by atoms with van der Waals surface area (Å²) in [5.74, 6) is 1.62. The van der Waals surface area contributed by atoms with E-state index in [1.165, 1.54) is 55.4 Å². The molecule has 0 spiro atoms. The largest absolute Gasteiger partial charge is 0.495 e. The van der Waals surface area contributed by atoms with Gasteiger partial charge >= 0.3 is 0 Å². The number of fused-ring (bicyclic) bond motifs is 3. The van der Waals surface area contributed by atoms with Gasteiger partial charge in [-0.05, 0) is 92.1 Å². The van der Waals surface area contributed by atoms with Crippen molar-refractivity contribution in [2.45, 2.75) is 38.9 Å². The summed E-state index contributed by atoms with van der Waals surface area (Å²) < 4.78 is 59.2. The highest BCUT2D eigenvalue weighted by atomic mass is 19.1. The molecule has 1 unspecified atom stereocenters. The zero-order valence-corrected chi connectivity index (χ0v) is 50.8. The van der Waals surface area contributed by atoms with Gasteiger partial charge in [0.25, 0.3) is 0 Å². The number of methoxy groups -OCH3 is 3. The van der Waals surface area contributed by atoms with Crippen LogP contribution in [0.25, 0.3) is 66.1 Å². The minimum Gasteiger partial charge on any atom is -0.495 e. The fraction of sp³-hybridized carbons (Fsp3) is 0.130. The monoisotopic (exact) mass is 1240 g/mol. The van der Waals surface area contributed by atoms with Crippen LogP contribution in [0.2, 0.25) is 0 Å². The van der Waals surface area contributed by atoms with Crippen molar-refractivity contribution >= 4 is 67.6 Å². The second-order valence-corrected chi connectivity index (χ2v) is 20.7. The first kappa shape index (κ1) is 63.3. The molecule has 0 bridgehead atoms. The first-order valence-corrected chi connectivity index (χ1v) is 28.6. The van der Waals surface area contributed by atoms with Crippen molar-refractivity contribution in [3.63, 3.8) is 0 Å². The molecule has 24 heteroatoms. The van der Waals surface area contributed by atoms with Crippen molar-refractivity contribution in [1.29, 1.82) is 15.8 Å². The summed E-state index contributed by atoms with van der Waals surface area (Å²) in [7, 11) is 4.65. The summed E-state index contributed by atoms with van der Waals surface area (Å²) in [5, 5.41) is 39.7. The maximum Gasteiger partial charge on any atom is 0.150 e. The van der Waals surface area contributed by atoms with E-state index in [4.69, 9.17) is 46.4 Å². The highest BCUT2D eigenvalue weighted by Gasteiger charge is 2.27. The Morgan fingerprint density at radius 2 is 0.645 bits per heavy atom. The third-order valence-corrected chi connectivity index (χ3v) is 14.8. The van der Waals surface area contributed by atoms with E-state index in [2.05, 4.69) is 45.9 Å². The Morgan fingerprint density at radius 1 is 0.387 bits per heavy atom. The number of pyridine rings is 3. The zero-order chi connectivity index (χ0) is 65.9. The molecule has 21 nitrogen and oxygen atoms in total. The van der Waals surface area contributed by atoms with Crippen molar-refractivity contribution in [2.24, 2.45) is 0 Å². The van der Waals surface area contributed by atoms with Gasteiger partial charge in [-0.3, -0.25) is 0 Å². The van der Waals surface area contributed by atoms with Crippen molar-refractivity contribution < 1.29 is 27.4 Å². The third-order valence-electron chi connectivity index (χ3n) is 14.8. The number of rotatable bonds is 15. The van der Waals surface area contributed by atoms with Crippen LogP contribution in [0.1, 0.15) is 72.7 Å². The lowest BCUT2D eigenvalue weighted by atomic mass is 9.96. The highest BCUT2D eigenvalue weighted by Crippen LogP contribution is 2.45. The molecule has 9 N–H and O–H groups in total. The minimum absolute atomic E-state index is 0.0926. The fourth-order valence-electron chi connectivity index (χ4n) is 10.6. The van der Waals surface area contributed by atoms with E-state index in [0.717, 1.165) is 33.4 Å². The molecule has 6 aromatic carbocycles. The molecule has 0 amide bonds. The van der Waals surface area contributed by atoms with Gasteiger partial charge in [0.1, 0.15) is 123 Å². The Kier molecular flexibility index (Phi) is 19.2. The normalized spacial score (nSPS) is 11.7. The summed E-state index contributed by atoms with van der Waals surface area (Å²) in [5.41, 5.74) is 26.4. The van der Waals surface area contributed by atoms with Gasteiger partial charge in [-0.15, -0.1) is 0 Å². The molecule has 0 saturated carbocycles. The number of hydrogen-bond donors (Lipinski definition) is 6. The average molecular weight is 1240 g/mol. The summed E-state index contributed by atoms with van der Waals surface area (Å²) in [6, 6.07) is 46.8. The molecule has 0 fully saturated rings. The van der Waals surface area contributed by atoms with E-state index >= 15 is 0 Å². The van der Waals surface area contributed by atoms with E-state index in [1.54, 1.807) is 39.5 Å². The summed E-state index contributed by atoms with van der Waals surface area (Å²) >= 11 is 0. The van der Waals surface area contributed by atoms with Crippen LogP contribution in [0.4, 0.5) is 48.1 Å². The molecule has 12 rings (SSSR count). The van der Waals surface area contributed by atoms with E-state index in [-0.39, 0.29) is 69.7 Å². The molecule has 0 radical (unpaired) electrons. The van der Waals surface area contributed by atoms with Crippen LogP contribution in [-0.4, -0.2) is 66.2 Å². The number of nitrogens with zero attached hydrogens (tertiary/aromatic N) is 12. The number of hydrogen-bond acceptors (Lipinski definition) is 21. The van der Waals surface area contributed by atoms with Crippen LogP contribution < -0.4 is 47.4 Å². The summed E-state index contributed by atoms with van der Waals surface area (Å²) in [4.78, 5) is 38.5. The Bertz CT molecular complexity index is 4400. The first-order chi connectivity index (χ1) is 45.1. The Labute approximate surface area is 531 Å². The fourth-order valence-corrected chi connectivity index (χ4v) is 10.6. The predicted molar refractivity (Wildman–Crippen MR) is 351 cm³/mol. The van der Waals surface area contributed by atoms with E-state index in [9.17, 15) is 29.0 Å². The van der Waals surface area contributed by atoms with Crippen LogP contribution >= 0.6 is 0 Å². The SMILES string of the molecule is COc1c(-c2ccccc2)c(C(C)Nc2ncnc(N)c2C#N)nc2ccc(F)cc12.COc1c(-c2ccccc2)c([C@@H](C)Nc2ncnc(N)c2C#N)nc2ccc(F)cc12.COc1c(-c2ccccc2)c([C@H](C)Nc2ncnc(N)c2C#N)nc2ccc(F)cc12. The molecule has 0 aliphatic carbocycles. The lowest BCUT2D eigenvalue weighted by Gasteiger charge is -2.22. The molecule has 12 aromatic rings. The lowest BCUT2D eigenvalue weighted by molar-refractivity contribution is 0.420. The van der Waals surface area contributed by atoms with Gasteiger partial charge < -0.3 is 47.4 Å². The van der Waals surface area contributed by atoms with Gasteiger partial charge in [-0.2, -0.15) is 15.8 Å². The predicted octanol–water partition coefficient (Wildman–Crippen LogP) is 13.4. The molecular formula is C69H57F3N18O3. The number of halogens is 3. The molecule has 3 atom stereocenters. The van der Waals surface area contributed by atoms with Gasteiger partial charge in [0.15, 0.2) is 0 Å². The quantitative estimate of drug-likeness (QED) is 0.0555. The van der Waals surface area contributed by atoms with Crippen LogP contribution in [0.5, 0.6) is 17.2 Å². The van der Waals surface area contributed by atoms with Crippen LogP contribution in [0.3, 0.4) is 0 Å². The molecule has 93 heavy (non-hydrogen) atoms. The topological polar surface area (TPSA) is 329 Å². The van der Waals surface area contributed by atoms with E-state index < -0.39 is 0 Å². The molecular weight excluding hydrogens is 1190 g/mol. The van der Waals surface area contributed by atoms with Crippen LogP contribution in [0.15, 0.2) is 165 Å². The van der Waals surface area contributed by atoms with Crippen molar-refractivity contribution in [3.8, 4) is 68.8 Å². The minimum atomic E-state index is -0.389. The number of nitrogens with one attached hydrogen (secondary N) is 3. The van der Waals surface area contributed by atoms with Gasteiger partial charge in [0.05, 0.1) is 73.1 Å². The first-order valence-electron chi connectivity index (χ1n) is 28.6. The number of nitrogens with two attached hydrogens (primary N) is 3. The number of nitriles is 3. The molecule has 0 aliphatic rings. The number of anilines is 6. The second kappa shape index (κ2) is 28.2. The third kappa shape index (κ3) is 13.3. The van der Waals surface area contributed by atoms with Crippen molar-refractivity contribution in [2.75, 3.05) is 54.5 Å².